The Labute approximate surface area is 147 Å². The van der Waals surface area contributed by atoms with Crippen LogP contribution >= 0.6 is 24.0 Å². The fourth-order valence-electron chi connectivity index (χ4n) is 2.91. The van der Waals surface area contributed by atoms with Crippen LogP contribution in [0.15, 0.2) is 18.2 Å². The van der Waals surface area contributed by atoms with Crippen LogP contribution in [0.5, 0.6) is 0 Å². The number of hydrogen-bond donors (Lipinski definition) is 3. The van der Waals surface area contributed by atoms with Gasteiger partial charge in [0.1, 0.15) is 0 Å². The molecular weight excluding hydrogens is 337 g/mol. The second kappa shape index (κ2) is 7.99. The standard InChI is InChI=1S/C16H22ClN3O2.ClH/c1-10(21)19-11-6-7-14(13(17)9-11)20-15(22)12-5-3-4-8-16(12,2)18;/h6-7,9,12H,3-5,8,18H2,1-2H3,(H,19,21)(H,20,22);1H. The Morgan fingerprint density at radius 3 is 2.57 bits per heavy atom. The number of halogens is 2. The Morgan fingerprint density at radius 1 is 1.30 bits per heavy atom. The van der Waals surface area contributed by atoms with Crippen LogP contribution in [-0.4, -0.2) is 17.4 Å². The summed E-state index contributed by atoms with van der Waals surface area (Å²) >= 11 is 6.17. The normalized spacial score (nSPS) is 23.6. The van der Waals surface area contributed by atoms with E-state index >= 15 is 0 Å². The molecule has 5 nitrogen and oxygen atoms in total. The molecule has 0 aromatic heterocycles. The molecule has 0 radical (unpaired) electrons. The summed E-state index contributed by atoms with van der Waals surface area (Å²) < 4.78 is 0. The minimum atomic E-state index is -0.481. The van der Waals surface area contributed by atoms with Crippen LogP contribution in [0.25, 0.3) is 0 Å². The number of carbonyl (C=O) groups excluding carboxylic acids is 2. The van der Waals surface area contributed by atoms with Crippen molar-refractivity contribution in [3.05, 3.63) is 23.2 Å². The maximum Gasteiger partial charge on any atom is 0.229 e. The number of hydrogen-bond acceptors (Lipinski definition) is 3. The summed E-state index contributed by atoms with van der Waals surface area (Å²) in [5, 5.41) is 5.88. The molecule has 1 saturated carbocycles. The average Bonchev–Trinajstić information content (AvgIpc) is 2.40. The Hall–Kier alpha value is -1.30. The Kier molecular flexibility index (Phi) is 6.86. The van der Waals surface area contributed by atoms with Gasteiger partial charge in [-0.3, -0.25) is 9.59 Å². The van der Waals surface area contributed by atoms with Crippen molar-refractivity contribution in [2.45, 2.75) is 45.1 Å². The van der Waals surface area contributed by atoms with Crippen LogP contribution in [0, 0.1) is 5.92 Å². The first-order valence-corrected chi connectivity index (χ1v) is 7.84. The Balaban J connectivity index is 0.00000264. The van der Waals surface area contributed by atoms with E-state index in [9.17, 15) is 9.59 Å². The molecule has 2 atom stereocenters. The second-order valence-electron chi connectivity index (χ2n) is 6.17. The van der Waals surface area contributed by atoms with E-state index in [0.717, 1.165) is 25.7 Å². The summed E-state index contributed by atoms with van der Waals surface area (Å²) in [5.41, 5.74) is 6.90. The van der Waals surface area contributed by atoms with E-state index in [2.05, 4.69) is 10.6 Å². The van der Waals surface area contributed by atoms with E-state index in [1.54, 1.807) is 18.2 Å². The first-order valence-electron chi connectivity index (χ1n) is 7.46. The van der Waals surface area contributed by atoms with Crippen LogP contribution in [0.4, 0.5) is 11.4 Å². The molecule has 2 unspecified atom stereocenters. The highest BCUT2D eigenvalue weighted by Crippen LogP contribution is 2.33. The topological polar surface area (TPSA) is 84.2 Å². The zero-order valence-corrected chi connectivity index (χ0v) is 14.9. The van der Waals surface area contributed by atoms with Crippen molar-refractivity contribution in [3.63, 3.8) is 0 Å². The molecule has 0 aliphatic heterocycles. The first kappa shape index (κ1) is 19.7. The van der Waals surface area contributed by atoms with Crippen molar-refractivity contribution in [1.29, 1.82) is 0 Å². The molecule has 0 saturated heterocycles. The number of benzene rings is 1. The van der Waals surface area contributed by atoms with Gasteiger partial charge >= 0.3 is 0 Å². The van der Waals surface area contributed by atoms with Gasteiger partial charge in [-0.2, -0.15) is 0 Å². The number of nitrogens with two attached hydrogens (primary N) is 1. The van der Waals surface area contributed by atoms with Crippen molar-refractivity contribution in [2.75, 3.05) is 10.6 Å². The van der Waals surface area contributed by atoms with Crippen LogP contribution in [0.2, 0.25) is 5.02 Å². The summed E-state index contributed by atoms with van der Waals surface area (Å²) in [7, 11) is 0. The highest BCUT2D eigenvalue weighted by Gasteiger charge is 2.37. The van der Waals surface area contributed by atoms with E-state index in [0.29, 0.717) is 16.4 Å². The van der Waals surface area contributed by atoms with Crippen LogP contribution < -0.4 is 16.4 Å². The summed E-state index contributed by atoms with van der Waals surface area (Å²) in [6.45, 7) is 3.35. The predicted molar refractivity (Wildman–Crippen MR) is 96.2 cm³/mol. The summed E-state index contributed by atoms with van der Waals surface area (Å²) in [6.07, 6.45) is 3.71. The van der Waals surface area contributed by atoms with Gasteiger partial charge in [0, 0.05) is 18.2 Å². The number of rotatable bonds is 3. The van der Waals surface area contributed by atoms with Crippen LogP contribution in [0.1, 0.15) is 39.5 Å². The third kappa shape index (κ3) is 5.09. The summed E-state index contributed by atoms with van der Waals surface area (Å²) in [4.78, 5) is 23.5. The molecule has 23 heavy (non-hydrogen) atoms. The number of nitrogens with one attached hydrogen (secondary N) is 2. The van der Waals surface area contributed by atoms with Crippen LogP contribution in [0.3, 0.4) is 0 Å². The number of anilines is 2. The predicted octanol–water partition coefficient (Wildman–Crippen LogP) is 3.57. The lowest BCUT2D eigenvalue weighted by Gasteiger charge is -2.37. The van der Waals surface area contributed by atoms with Gasteiger partial charge in [-0.1, -0.05) is 24.4 Å². The third-order valence-corrected chi connectivity index (χ3v) is 4.43. The van der Waals surface area contributed by atoms with Crippen molar-refractivity contribution in [3.8, 4) is 0 Å². The molecular formula is C16H23Cl2N3O2. The second-order valence-corrected chi connectivity index (χ2v) is 6.58. The van der Waals surface area contributed by atoms with E-state index in [-0.39, 0.29) is 30.1 Å². The van der Waals surface area contributed by atoms with Gasteiger partial charge in [-0.15, -0.1) is 12.4 Å². The highest BCUT2D eigenvalue weighted by molar-refractivity contribution is 6.34. The maximum absolute atomic E-state index is 12.5. The smallest absolute Gasteiger partial charge is 0.229 e. The van der Waals surface area contributed by atoms with E-state index < -0.39 is 5.54 Å². The molecule has 1 aromatic rings. The van der Waals surface area contributed by atoms with Crippen LogP contribution in [-0.2, 0) is 9.59 Å². The minimum Gasteiger partial charge on any atom is -0.326 e. The van der Waals surface area contributed by atoms with Gasteiger partial charge in [-0.25, -0.2) is 0 Å². The van der Waals surface area contributed by atoms with Crippen molar-refractivity contribution in [2.24, 2.45) is 11.7 Å². The SMILES string of the molecule is CC(=O)Nc1ccc(NC(=O)C2CCCCC2(C)N)c(Cl)c1.Cl. The zero-order valence-electron chi connectivity index (χ0n) is 13.3. The van der Waals surface area contributed by atoms with Crippen molar-refractivity contribution in [1.82, 2.24) is 0 Å². The molecule has 1 aliphatic carbocycles. The molecule has 4 N–H and O–H groups in total. The zero-order chi connectivity index (χ0) is 16.3. The van der Waals surface area contributed by atoms with Crippen molar-refractivity contribution >= 4 is 47.2 Å². The van der Waals surface area contributed by atoms with Gasteiger partial charge in [0.15, 0.2) is 0 Å². The lowest BCUT2D eigenvalue weighted by molar-refractivity contribution is -0.122. The molecule has 7 heteroatoms. The van der Waals surface area contributed by atoms with Gasteiger partial charge in [0.25, 0.3) is 0 Å². The monoisotopic (exact) mass is 359 g/mol. The van der Waals surface area contributed by atoms with Gasteiger partial charge in [0.05, 0.1) is 16.6 Å². The molecule has 1 aromatic carbocycles. The first-order chi connectivity index (χ1) is 10.3. The fourth-order valence-corrected chi connectivity index (χ4v) is 3.13. The number of carbonyl (C=O) groups is 2. The Bertz CT molecular complexity index is 591. The molecule has 1 fully saturated rings. The summed E-state index contributed by atoms with van der Waals surface area (Å²) in [6, 6.07) is 4.99. The third-order valence-electron chi connectivity index (χ3n) is 4.12. The van der Waals surface area contributed by atoms with Gasteiger partial charge in [-0.05, 0) is 38.0 Å². The quantitative estimate of drug-likeness (QED) is 0.771. The molecule has 1 aliphatic rings. The summed E-state index contributed by atoms with van der Waals surface area (Å²) in [5.74, 6) is -0.486. The van der Waals surface area contributed by atoms with Gasteiger partial charge < -0.3 is 16.4 Å². The van der Waals surface area contributed by atoms with E-state index in [1.165, 1.54) is 6.92 Å². The van der Waals surface area contributed by atoms with E-state index in [4.69, 9.17) is 17.3 Å². The Morgan fingerprint density at radius 2 is 2.00 bits per heavy atom. The molecule has 2 amide bonds. The molecule has 2 rings (SSSR count). The van der Waals surface area contributed by atoms with Gasteiger partial charge in [0.2, 0.25) is 11.8 Å². The largest absolute Gasteiger partial charge is 0.326 e. The van der Waals surface area contributed by atoms with E-state index in [1.807, 2.05) is 6.92 Å². The number of amides is 2. The molecule has 128 valence electrons. The molecule has 0 heterocycles. The minimum absolute atomic E-state index is 0. The van der Waals surface area contributed by atoms with Crippen molar-refractivity contribution < 1.29 is 9.59 Å². The highest BCUT2D eigenvalue weighted by atomic mass is 35.5. The lowest BCUT2D eigenvalue weighted by Crippen LogP contribution is -2.51. The molecule has 0 spiro atoms. The maximum atomic E-state index is 12.5. The lowest BCUT2D eigenvalue weighted by atomic mass is 9.74. The molecule has 0 bridgehead atoms. The average molecular weight is 360 g/mol. The fraction of sp³-hybridized carbons (Fsp3) is 0.500.